The Kier molecular flexibility index (Phi) is 6.89. The molecule has 1 aliphatic carbocycles. The summed E-state index contributed by atoms with van der Waals surface area (Å²) in [5.74, 6) is 0.356. The highest BCUT2D eigenvalue weighted by Crippen LogP contribution is 2.49. The summed E-state index contributed by atoms with van der Waals surface area (Å²) in [5, 5.41) is 21.6. The number of para-hydroxylation sites is 1. The second-order valence-corrected chi connectivity index (χ2v) is 11.2. The maximum Gasteiger partial charge on any atom is 0.331 e. The van der Waals surface area contributed by atoms with E-state index in [4.69, 9.17) is 4.74 Å². The Morgan fingerprint density at radius 2 is 2.00 bits per heavy atom. The molecule has 1 aromatic carbocycles. The molecule has 11 nitrogen and oxygen atoms in total. The molecule has 4 aromatic rings. The third-order valence-electron chi connectivity index (χ3n) is 7.31. The van der Waals surface area contributed by atoms with Crippen molar-refractivity contribution in [3.05, 3.63) is 72.0 Å². The van der Waals surface area contributed by atoms with Crippen LogP contribution < -0.4 is 25.6 Å². The Labute approximate surface area is 240 Å². The van der Waals surface area contributed by atoms with Crippen LogP contribution in [0.1, 0.15) is 36.8 Å². The molecule has 4 heterocycles. The van der Waals surface area contributed by atoms with Crippen LogP contribution in [0.15, 0.2) is 61.4 Å². The molecule has 1 unspecified atom stereocenters. The maximum atomic E-state index is 13.6. The molecule has 3 atom stereocenters. The van der Waals surface area contributed by atoms with Gasteiger partial charge in [0.25, 0.3) is 0 Å². The predicted molar refractivity (Wildman–Crippen MR) is 157 cm³/mol. The number of thiophene rings is 1. The zero-order valence-electron chi connectivity index (χ0n) is 22.5. The normalized spacial score (nSPS) is 19.5. The summed E-state index contributed by atoms with van der Waals surface area (Å²) in [7, 11) is 0. The molecule has 3 aromatic heterocycles. The molecule has 41 heavy (non-hydrogen) atoms. The van der Waals surface area contributed by atoms with Gasteiger partial charge in [0.15, 0.2) is 5.72 Å². The molecule has 210 valence electrons. The van der Waals surface area contributed by atoms with Gasteiger partial charge < -0.3 is 20.5 Å². The lowest BCUT2D eigenvalue weighted by atomic mass is 10.0. The van der Waals surface area contributed by atoms with E-state index in [0.29, 0.717) is 43.6 Å². The minimum atomic E-state index is -1.50. The number of benzene rings is 1. The summed E-state index contributed by atoms with van der Waals surface area (Å²) >= 11 is 1.30. The van der Waals surface area contributed by atoms with Gasteiger partial charge in [0, 0.05) is 18.3 Å². The summed E-state index contributed by atoms with van der Waals surface area (Å²) in [4.78, 5) is 41.6. The van der Waals surface area contributed by atoms with Gasteiger partial charge >= 0.3 is 12.0 Å². The minimum absolute atomic E-state index is 0.145. The van der Waals surface area contributed by atoms with E-state index in [1.165, 1.54) is 22.3 Å². The second-order valence-electron chi connectivity index (χ2n) is 10.2. The van der Waals surface area contributed by atoms with E-state index in [-0.39, 0.29) is 24.0 Å². The number of nitrogens with one attached hydrogen (secondary N) is 3. The average Bonchev–Trinajstić information content (AvgIpc) is 3.55. The van der Waals surface area contributed by atoms with Crippen LogP contribution in [-0.4, -0.2) is 44.1 Å². The van der Waals surface area contributed by atoms with Crippen LogP contribution in [0, 0.1) is 6.92 Å². The fourth-order valence-electron chi connectivity index (χ4n) is 5.44. The zero-order chi connectivity index (χ0) is 28.7. The first-order valence-corrected chi connectivity index (χ1v) is 14.1. The summed E-state index contributed by atoms with van der Waals surface area (Å²) in [6, 6.07) is 10.4. The number of carbonyl (C=O) groups is 2. The predicted octanol–water partition coefficient (Wildman–Crippen LogP) is 4.85. The molecule has 0 bridgehead atoms. The number of hydrogen-bond donors (Lipinski definition) is 4. The number of urea groups is 1. The van der Waals surface area contributed by atoms with E-state index in [1.807, 2.05) is 30.3 Å². The van der Waals surface area contributed by atoms with Crippen molar-refractivity contribution < 1.29 is 19.4 Å². The molecular weight excluding hydrogens is 542 g/mol. The highest BCUT2D eigenvalue weighted by molar-refractivity contribution is 7.19. The Morgan fingerprint density at radius 1 is 1.22 bits per heavy atom. The van der Waals surface area contributed by atoms with Crippen LogP contribution in [0.2, 0.25) is 0 Å². The largest absolute Gasteiger partial charge is 0.424 e. The number of amides is 3. The standard InChI is InChI=1S/C29H29N7O4S/c1-4-22(37)33-18-11-8-12-19(18)35-29(3,39)25-24-23-20(13-14-30-26(23)41-25)36(28(38)34-24)21-15-31-27(32-16(21)2)40-17-9-6-5-7-10-17/h4-7,9-10,13-15,18-19,35,39H,1,8,11-12H2,2-3H3,(H,33,37)(H,34,38)/t18-,19+,29?/m0/s1. The smallest absolute Gasteiger partial charge is 0.331 e. The number of carbonyl (C=O) groups excluding carboxylic acids is 2. The van der Waals surface area contributed by atoms with Gasteiger partial charge in [-0.3, -0.25) is 15.0 Å². The lowest BCUT2D eigenvalue weighted by Gasteiger charge is -2.33. The third-order valence-corrected chi connectivity index (χ3v) is 8.62. The van der Waals surface area contributed by atoms with Gasteiger partial charge in [-0.2, -0.15) is 4.98 Å². The van der Waals surface area contributed by atoms with Crippen molar-refractivity contribution in [3.63, 3.8) is 0 Å². The quantitative estimate of drug-likeness (QED) is 0.174. The molecule has 2 aliphatic rings. The molecule has 1 aliphatic heterocycles. The van der Waals surface area contributed by atoms with Gasteiger partial charge in [0.1, 0.15) is 10.6 Å². The number of nitrogens with zero attached hydrogens (tertiary/aromatic N) is 4. The van der Waals surface area contributed by atoms with Crippen molar-refractivity contribution in [1.29, 1.82) is 0 Å². The lowest BCUT2D eigenvalue weighted by molar-refractivity contribution is -0.117. The summed E-state index contributed by atoms with van der Waals surface area (Å²) in [5.41, 5.74) is 0.638. The molecule has 0 saturated heterocycles. The number of hydrogen-bond acceptors (Lipinski definition) is 9. The Bertz CT molecular complexity index is 1660. The van der Waals surface area contributed by atoms with E-state index in [9.17, 15) is 14.7 Å². The van der Waals surface area contributed by atoms with Crippen LogP contribution in [0.5, 0.6) is 11.8 Å². The number of rotatable bonds is 8. The molecule has 4 N–H and O–H groups in total. The topological polar surface area (TPSA) is 142 Å². The fraction of sp³-hybridized carbons (Fsp3) is 0.276. The van der Waals surface area contributed by atoms with Crippen molar-refractivity contribution in [2.45, 2.75) is 50.9 Å². The van der Waals surface area contributed by atoms with E-state index in [2.05, 4.69) is 37.5 Å². The number of aromatic nitrogens is 3. The minimum Gasteiger partial charge on any atom is -0.424 e. The lowest BCUT2D eigenvalue weighted by Crippen LogP contribution is -2.53. The van der Waals surface area contributed by atoms with Gasteiger partial charge in [-0.1, -0.05) is 24.8 Å². The van der Waals surface area contributed by atoms with Gasteiger partial charge in [0.05, 0.1) is 39.2 Å². The Balaban J connectivity index is 1.33. The van der Waals surface area contributed by atoms with Gasteiger partial charge in [-0.15, -0.1) is 11.3 Å². The first-order valence-electron chi connectivity index (χ1n) is 13.3. The number of anilines is 3. The number of aryl methyl sites for hydroxylation is 1. The molecule has 1 fully saturated rings. The van der Waals surface area contributed by atoms with Gasteiger partial charge in [0.2, 0.25) is 5.91 Å². The number of ether oxygens (including phenoxy) is 1. The number of pyridine rings is 1. The Morgan fingerprint density at radius 3 is 2.76 bits per heavy atom. The van der Waals surface area contributed by atoms with Crippen molar-refractivity contribution in [1.82, 2.24) is 25.6 Å². The van der Waals surface area contributed by atoms with Crippen molar-refractivity contribution in [3.8, 4) is 11.8 Å². The van der Waals surface area contributed by atoms with Crippen LogP contribution in [-0.2, 0) is 10.5 Å². The maximum absolute atomic E-state index is 13.6. The van der Waals surface area contributed by atoms with Crippen LogP contribution in [0.4, 0.5) is 21.9 Å². The molecule has 3 amide bonds. The summed E-state index contributed by atoms with van der Waals surface area (Å²) in [6.45, 7) is 6.97. The molecule has 0 spiro atoms. The average molecular weight is 572 g/mol. The van der Waals surface area contributed by atoms with Crippen molar-refractivity contribution in [2.24, 2.45) is 0 Å². The van der Waals surface area contributed by atoms with Crippen LogP contribution >= 0.6 is 11.3 Å². The molecule has 6 rings (SSSR count). The first-order chi connectivity index (χ1) is 19.7. The monoisotopic (exact) mass is 571 g/mol. The zero-order valence-corrected chi connectivity index (χ0v) is 23.4. The highest BCUT2D eigenvalue weighted by Gasteiger charge is 2.40. The molecule has 1 saturated carbocycles. The summed E-state index contributed by atoms with van der Waals surface area (Å²) < 4.78 is 5.76. The van der Waals surface area contributed by atoms with Crippen molar-refractivity contribution in [2.75, 3.05) is 10.2 Å². The molecular formula is C29H29N7O4S. The van der Waals surface area contributed by atoms with E-state index in [0.717, 1.165) is 19.3 Å². The van der Waals surface area contributed by atoms with E-state index >= 15 is 0 Å². The van der Waals surface area contributed by atoms with Crippen LogP contribution in [0.25, 0.3) is 10.2 Å². The van der Waals surface area contributed by atoms with E-state index < -0.39 is 11.8 Å². The molecule has 12 heteroatoms. The van der Waals surface area contributed by atoms with Crippen LogP contribution in [0.3, 0.4) is 0 Å². The SMILES string of the molecule is C=CC(=O)N[C@H]1CCC[C@H]1NC(C)(O)c1sc2nccc3c2c1NC(=O)N3c1cnc(Oc2ccccc2)nc1C. The summed E-state index contributed by atoms with van der Waals surface area (Å²) in [6.07, 6.45) is 6.92. The van der Waals surface area contributed by atoms with Gasteiger partial charge in [-0.05, 0) is 57.4 Å². The van der Waals surface area contributed by atoms with Crippen molar-refractivity contribution >= 4 is 50.6 Å². The Hall–Kier alpha value is -4.39. The third kappa shape index (κ3) is 5.01. The van der Waals surface area contributed by atoms with E-state index in [1.54, 1.807) is 32.3 Å². The second kappa shape index (κ2) is 10.5. The highest BCUT2D eigenvalue weighted by atomic mass is 32.1. The fourth-order valence-corrected chi connectivity index (χ4v) is 6.57. The van der Waals surface area contributed by atoms with Gasteiger partial charge in [-0.25, -0.2) is 14.8 Å². The molecule has 0 radical (unpaired) electrons. The first kappa shape index (κ1) is 26.8. The number of aliphatic hydroxyl groups is 1.